The maximum Gasteiger partial charge on any atom is 0.119 e. The summed E-state index contributed by atoms with van der Waals surface area (Å²) in [5.74, 6) is 0.924. The largest absolute Gasteiger partial charge is 0.497 e. The predicted molar refractivity (Wildman–Crippen MR) is 82.1 cm³/mol. The van der Waals surface area contributed by atoms with Crippen LogP contribution < -0.4 is 4.74 Å². The van der Waals surface area contributed by atoms with Gasteiger partial charge in [-0.25, -0.2) is 0 Å². The molecule has 1 aromatic carbocycles. The Hall–Kier alpha value is -0.800. The fourth-order valence-corrected chi connectivity index (χ4v) is 3.60. The fourth-order valence-electron chi connectivity index (χ4n) is 1.86. The zero-order chi connectivity index (χ0) is 13.0. The van der Waals surface area contributed by atoms with Crippen LogP contribution in [0.1, 0.15) is 27.1 Å². The molecule has 18 heavy (non-hydrogen) atoms. The summed E-state index contributed by atoms with van der Waals surface area (Å²) < 4.78 is 5.25. The lowest BCUT2D eigenvalue weighted by Crippen LogP contribution is -1.93. The molecular weight excluding hydrogens is 308 g/mol. The molecule has 0 saturated heterocycles. The highest BCUT2D eigenvalue weighted by molar-refractivity contribution is 9.09. The summed E-state index contributed by atoms with van der Waals surface area (Å²) in [5, 5.41) is 0. The molecule has 0 saturated carbocycles. The van der Waals surface area contributed by atoms with Gasteiger partial charge in [0.2, 0.25) is 0 Å². The molecule has 1 unspecified atom stereocenters. The number of hydrogen-bond acceptors (Lipinski definition) is 2. The molecular formula is C15H17BrOS. The lowest BCUT2D eigenvalue weighted by molar-refractivity contribution is 0.414. The van der Waals surface area contributed by atoms with Crippen LogP contribution in [-0.2, 0) is 12.8 Å². The number of thiophene rings is 1. The molecule has 2 aromatic rings. The van der Waals surface area contributed by atoms with Crippen molar-refractivity contribution in [2.75, 3.05) is 7.11 Å². The first-order valence-electron chi connectivity index (χ1n) is 6.08. The minimum atomic E-state index is 0.384. The van der Waals surface area contributed by atoms with Gasteiger partial charge in [0.1, 0.15) is 5.75 Å². The van der Waals surface area contributed by atoms with Crippen molar-refractivity contribution in [3.8, 4) is 5.75 Å². The minimum absolute atomic E-state index is 0.384. The van der Waals surface area contributed by atoms with E-state index in [1.54, 1.807) is 7.11 Å². The van der Waals surface area contributed by atoms with Gasteiger partial charge in [-0.15, -0.1) is 11.3 Å². The number of aryl methyl sites for hydroxylation is 1. The first-order valence-corrected chi connectivity index (χ1v) is 7.81. The summed E-state index contributed by atoms with van der Waals surface area (Å²) in [6, 6.07) is 12.7. The van der Waals surface area contributed by atoms with Crippen LogP contribution in [0.15, 0.2) is 36.4 Å². The molecule has 2 rings (SSSR count). The van der Waals surface area contributed by atoms with Crippen LogP contribution in [0.2, 0.25) is 0 Å². The van der Waals surface area contributed by atoms with Crippen LogP contribution in [0, 0.1) is 0 Å². The van der Waals surface area contributed by atoms with Crippen LogP contribution in [0.5, 0.6) is 5.75 Å². The number of hydrogen-bond donors (Lipinski definition) is 0. The summed E-state index contributed by atoms with van der Waals surface area (Å²) in [7, 11) is 1.71. The standard InChI is InChI=1S/C15H17BrOS/c1-3-13-7-8-15(18-13)14(16)10-11-5-4-6-12(9-11)17-2/h4-9,14H,3,10H2,1-2H3. The number of alkyl halides is 1. The number of rotatable bonds is 5. The molecule has 96 valence electrons. The second-order valence-corrected chi connectivity index (χ2v) is 6.49. The zero-order valence-electron chi connectivity index (χ0n) is 10.7. The van der Waals surface area contributed by atoms with Crippen molar-refractivity contribution in [1.82, 2.24) is 0 Å². The van der Waals surface area contributed by atoms with E-state index in [2.05, 4.69) is 47.1 Å². The minimum Gasteiger partial charge on any atom is -0.497 e. The fraction of sp³-hybridized carbons (Fsp3) is 0.333. The summed E-state index contributed by atoms with van der Waals surface area (Å²) in [6.07, 6.45) is 2.10. The van der Waals surface area contributed by atoms with Crippen LogP contribution >= 0.6 is 27.3 Å². The lowest BCUT2D eigenvalue weighted by Gasteiger charge is -2.09. The Morgan fingerprint density at radius 2 is 2.11 bits per heavy atom. The van der Waals surface area contributed by atoms with Gasteiger partial charge in [-0.2, -0.15) is 0 Å². The van der Waals surface area contributed by atoms with E-state index in [0.717, 1.165) is 18.6 Å². The molecule has 3 heteroatoms. The Morgan fingerprint density at radius 1 is 1.28 bits per heavy atom. The first-order chi connectivity index (χ1) is 8.72. The van der Waals surface area contributed by atoms with Gasteiger partial charge >= 0.3 is 0 Å². The molecule has 0 spiro atoms. The van der Waals surface area contributed by atoms with E-state index in [1.165, 1.54) is 15.3 Å². The summed E-state index contributed by atoms with van der Waals surface area (Å²) >= 11 is 5.67. The third kappa shape index (κ3) is 3.36. The third-order valence-corrected chi connectivity index (χ3v) is 5.35. The molecule has 1 heterocycles. The molecule has 1 aromatic heterocycles. The highest BCUT2D eigenvalue weighted by atomic mass is 79.9. The van der Waals surface area contributed by atoms with Crippen molar-refractivity contribution in [2.45, 2.75) is 24.6 Å². The Balaban J connectivity index is 2.08. The highest BCUT2D eigenvalue weighted by Crippen LogP contribution is 2.33. The summed E-state index contributed by atoms with van der Waals surface area (Å²) in [4.78, 5) is 3.23. The average molecular weight is 325 g/mol. The van der Waals surface area contributed by atoms with E-state index < -0.39 is 0 Å². The quantitative estimate of drug-likeness (QED) is 0.703. The van der Waals surface area contributed by atoms with E-state index in [0.29, 0.717) is 4.83 Å². The Kier molecular flexibility index (Phi) is 4.84. The van der Waals surface area contributed by atoms with Crippen molar-refractivity contribution in [1.29, 1.82) is 0 Å². The monoisotopic (exact) mass is 324 g/mol. The van der Waals surface area contributed by atoms with Crippen LogP contribution in [0.3, 0.4) is 0 Å². The Bertz CT molecular complexity index is 507. The normalized spacial score (nSPS) is 12.4. The molecule has 0 aliphatic heterocycles. The van der Waals surface area contributed by atoms with Crippen LogP contribution in [0.4, 0.5) is 0 Å². The Morgan fingerprint density at radius 3 is 2.78 bits per heavy atom. The van der Waals surface area contributed by atoms with Gasteiger partial charge in [-0.3, -0.25) is 0 Å². The Labute approximate surface area is 121 Å². The first kappa shape index (κ1) is 13.6. The molecule has 0 bridgehead atoms. The lowest BCUT2D eigenvalue weighted by atomic mass is 10.1. The number of halogens is 1. The van der Waals surface area contributed by atoms with Gasteiger partial charge in [0.05, 0.1) is 11.9 Å². The van der Waals surface area contributed by atoms with Crippen molar-refractivity contribution in [3.05, 3.63) is 51.7 Å². The number of ether oxygens (including phenoxy) is 1. The van der Waals surface area contributed by atoms with Crippen molar-refractivity contribution in [3.63, 3.8) is 0 Å². The molecule has 0 radical (unpaired) electrons. The van der Waals surface area contributed by atoms with Crippen molar-refractivity contribution >= 4 is 27.3 Å². The van der Waals surface area contributed by atoms with Gasteiger partial charge in [-0.05, 0) is 42.7 Å². The SMILES string of the molecule is CCc1ccc(C(Br)Cc2cccc(OC)c2)s1. The van der Waals surface area contributed by atoms with Crippen molar-refractivity contribution in [2.24, 2.45) is 0 Å². The van der Waals surface area contributed by atoms with E-state index >= 15 is 0 Å². The number of methoxy groups -OCH3 is 1. The molecule has 1 atom stereocenters. The van der Waals surface area contributed by atoms with E-state index in [-0.39, 0.29) is 0 Å². The molecule has 0 aliphatic carbocycles. The molecule has 1 nitrogen and oxygen atoms in total. The van der Waals surface area contributed by atoms with E-state index in [4.69, 9.17) is 4.74 Å². The van der Waals surface area contributed by atoms with E-state index in [9.17, 15) is 0 Å². The molecule has 0 N–H and O–H groups in total. The molecule has 0 fully saturated rings. The molecule has 0 amide bonds. The van der Waals surface area contributed by atoms with Gasteiger partial charge in [0, 0.05) is 9.75 Å². The van der Waals surface area contributed by atoms with Crippen molar-refractivity contribution < 1.29 is 4.74 Å². The predicted octanol–water partition coefficient (Wildman–Crippen LogP) is 5.00. The highest BCUT2D eigenvalue weighted by Gasteiger charge is 2.11. The third-order valence-electron chi connectivity index (χ3n) is 2.89. The van der Waals surface area contributed by atoms with Crippen LogP contribution in [-0.4, -0.2) is 7.11 Å². The maximum atomic E-state index is 5.25. The van der Waals surface area contributed by atoms with Gasteiger partial charge in [-0.1, -0.05) is 35.0 Å². The summed E-state index contributed by atoms with van der Waals surface area (Å²) in [5.41, 5.74) is 1.29. The maximum absolute atomic E-state index is 5.25. The number of benzene rings is 1. The second-order valence-electron chi connectivity index (χ2n) is 4.18. The smallest absolute Gasteiger partial charge is 0.119 e. The zero-order valence-corrected chi connectivity index (χ0v) is 13.1. The second kappa shape index (κ2) is 6.39. The topological polar surface area (TPSA) is 9.23 Å². The average Bonchev–Trinajstić information content (AvgIpc) is 2.88. The van der Waals surface area contributed by atoms with Gasteiger partial charge in [0.15, 0.2) is 0 Å². The van der Waals surface area contributed by atoms with Crippen LogP contribution in [0.25, 0.3) is 0 Å². The molecule has 0 aliphatic rings. The summed E-state index contributed by atoms with van der Waals surface area (Å²) in [6.45, 7) is 2.20. The van der Waals surface area contributed by atoms with E-state index in [1.807, 2.05) is 23.5 Å². The van der Waals surface area contributed by atoms with Gasteiger partial charge in [0.25, 0.3) is 0 Å². The van der Waals surface area contributed by atoms with Gasteiger partial charge < -0.3 is 4.74 Å².